The van der Waals surface area contributed by atoms with Crippen molar-refractivity contribution in [2.45, 2.75) is 70.9 Å². The van der Waals surface area contributed by atoms with Gasteiger partial charge in [-0.25, -0.2) is 0 Å². The van der Waals surface area contributed by atoms with Crippen LogP contribution < -0.4 is 5.32 Å². The molecule has 0 saturated carbocycles. The zero-order valence-electron chi connectivity index (χ0n) is 10.4. The Bertz CT molecular complexity index is 143. The Labute approximate surface area is 94.8 Å². The molecule has 0 radical (unpaired) electrons. The maximum absolute atomic E-state index is 5.58. The minimum Gasteiger partial charge on any atom is -0.377 e. The highest BCUT2D eigenvalue weighted by molar-refractivity contribution is 4.70. The predicted molar refractivity (Wildman–Crippen MR) is 65.2 cm³/mol. The van der Waals surface area contributed by atoms with Crippen LogP contribution in [-0.4, -0.2) is 25.3 Å². The van der Waals surface area contributed by atoms with Crippen molar-refractivity contribution >= 4 is 0 Å². The van der Waals surface area contributed by atoms with Gasteiger partial charge in [0.1, 0.15) is 0 Å². The van der Waals surface area contributed by atoms with Gasteiger partial charge in [-0.15, -0.1) is 0 Å². The van der Waals surface area contributed by atoms with Crippen molar-refractivity contribution in [2.75, 3.05) is 13.2 Å². The molecule has 2 atom stereocenters. The summed E-state index contributed by atoms with van der Waals surface area (Å²) in [6.07, 6.45) is 9.77. The first-order valence-electron chi connectivity index (χ1n) is 6.68. The summed E-state index contributed by atoms with van der Waals surface area (Å²) in [4.78, 5) is 0. The highest BCUT2D eigenvalue weighted by Gasteiger charge is 2.15. The fraction of sp³-hybridized carbons (Fsp3) is 1.00. The van der Waals surface area contributed by atoms with Crippen LogP contribution in [0.15, 0.2) is 0 Å². The first kappa shape index (κ1) is 13.0. The van der Waals surface area contributed by atoms with Crippen LogP contribution in [0.5, 0.6) is 0 Å². The van der Waals surface area contributed by atoms with Gasteiger partial charge in [0, 0.05) is 19.2 Å². The minimum atomic E-state index is 0.489. The van der Waals surface area contributed by atoms with E-state index in [-0.39, 0.29) is 0 Å². The molecule has 2 nitrogen and oxygen atoms in total. The number of unbranched alkanes of at least 4 members (excludes halogenated alkanes) is 3. The van der Waals surface area contributed by atoms with Crippen LogP contribution in [0.25, 0.3) is 0 Å². The fourth-order valence-electron chi connectivity index (χ4n) is 2.12. The predicted octanol–water partition coefficient (Wildman–Crippen LogP) is 3.11. The van der Waals surface area contributed by atoms with Gasteiger partial charge in [0.15, 0.2) is 0 Å². The zero-order valence-corrected chi connectivity index (χ0v) is 10.4. The molecule has 0 aliphatic carbocycles. The lowest BCUT2D eigenvalue weighted by Gasteiger charge is -2.16. The molecule has 0 bridgehead atoms. The average Bonchev–Trinajstić information content (AvgIpc) is 2.74. The number of ether oxygens (including phenoxy) is 1. The molecule has 1 aliphatic heterocycles. The second kappa shape index (κ2) is 8.12. The van der Waals surface area contributed by atoms with Gasteiger partial charge in [-0.1, -0.05) is 32.6 Å². The molecule has 0 spiro atoms. The number of hydrogen-bond acceptors (Lipinski definition) is 2. The maximum atomic E-state index is 5.58. The molecule has 1 rings (SSSR count). The van der Waals surface area contributed by atoms with Crippen molar-refractivity contribution in [1.82, 2.24) is 5.32 Å². The van der Waals surface area contributed by atoms with Crippen LogP contribution in [0.4, 0.5) is 0 Å². The standard InChI is InChI=1S/C13H27NO/c1-3-4-5-6-8-12(2)14-11-13-9-7-10-15-13/h12-14H,3-11H2,1-2H3. The Morgan fingerprint density at radius 1 is 1.33 bits per heavy atom. The van der Waals surface area contributed by atoms with E-state index in [0.29, 0.717) is 12.1 Å². The number of rotatable bonds is 8. The SMILES string of the molecule is CCCCCCC(C)NCC1CCCO1. The minimum absolute atomic E-state index is 0.489. The first-order chi connectivity index (χ1) is 7.33. The molecule has 1 N–H and O–H groups in total. The van der Waals surface area contributed by atoms with Crippen molar-refractivity contribution in [1.29, 1.82) is 0 Å². The largest absolute Gasteiger partial charge is 0.377 e. The van der Waals surface area contributed by atoms with Gasteiger partial charge in [-0.2, -0.15) is 0 Å². The summed E-state index contributed by atoms with van der Waals surface area (Å²) >= 11 is 0. The van der Waals surface area contributed by atoms with E-state index in [2.05, 4.69) is 19.2 Å². The molecule has 15 heavy (non-hydrogen) atoms. The van der Waals surface area contributed by atoms with E-state index in [1.807, 2.05) is 0 Å². The lowest BCUT2D eigenvalue weighted by atomic mass is 10.1. The third-order valence-electron chi connectivity index (χ3n) is 3.21. The van der Waals surface area contributed by atoms with E-state index in [1.165, 1.54) is 44.9 Å². The summed E-state index contributed by atoms with van der Waals surface area (Å²) in [5.41, 5.74) is 0. The Balaban J connectivity index is 1.90. The topological polar surface area (TPSA) is 21.3 Å². The molecule has 0 aromatic heterocycles. The third-order valence-corrected chi connectivity index (χ3v) is 3.21. The normalized spacial score (nSPS) is 23.2. The molecular formula is C13H27NO. The molecule has 0 aromatic rings. The van der Waals surface area contributed by atoms with Gasteiger partial charge in [-0.05, 0) is 26.2 Å². The Morgan fingerprint density at radius 3 is 2.87 bits per heavy atom. The van der Waals surface area contributed by atoms with Crippen molar-refractivity contribution in [3.63, 3.8) is 0 Å². The first-order valence-corrected chi connectivity index (χ1v) is 6.68. The Morgan fingerprint density at radius 2 is 2.20 bits per heavy atom. The van der Waals surface area contributed by atoms with Gasteiger partial charge < -0.3 is 10.1 Å². The van der Waals surface area contributed by atoms with Crippen LogP contribution in [0.2, 0.25) is 0 Å². The molecule has 2 heteroatoms. The van der Waals surface area contributed by atoms with Gasteiger partial charge in [-0.3, -0.25) is 0 Å². The van der Waals surface area contributed by atoms with Crippen molar-refractivity contribution < 1.29 is 4.74 Å². The number of nitrogens with one attached hydrogen (secondary N) is 1. The second-order valence-electron chi connectivity index (χ2n) is 4.79. The molecule has 1 saturated heterocycles. The average molecular weight is 213 g/mol. The van der Waals surface area contributed by atoms with Crippen LogP contribution >= 0.6 is 0 Å². The molecule has 0 aromatic carbocycles. The van der Waals surface area contributed by atoms with Gasteiger partial charge in [0.25, 0.3) is 0 Å². The summed E-state index contributed by atoms with van der Waals surface area (Å²) in [5.74, 6) is 0. The monoisotopic (exact) mass is 213 g/mol. The molecular weight excluding hydrogens is 186 g/mol. The summed E-state index contributed by atoms with van der Waals surface area (Å²) in [6, 6.07) is 0.658. The zero-order chi connectivity index (χ0) is 10.9. The molecule has 0 amide bonds. The lowest BCUT2D eigenvalue weighted by Crippen LogP contribution is -2.33. The second-order valence-corrected chi connectivity index (χ2v) is 4.79. The van der Waals surface area contributed by atoms with Gasteiger partial charge in [0.05, 0.1) is 6.10 Å². The van der Waals surface area contributed by atoms with Crippen LogP contribution in [0, 0.1) is 0 Å². The highest BCUT2D eigenvalue weighted by Crippen LogP contribution is 2.11. The van der Waals surface area contributed by atoms with Crippen LogP contribution in [-0.2, 0) is 4.74 Å². The summed E-state index contributed by atoms with van der Waals surface area (Å²) in [5, 5.41) is 3.58. The van der Waals surface area contributed by atoms with E-state index in [1.54, 1.807) is 0 Å². The highest BCUT2D eigenvalue weighted by atomic mass is 16.5. The quantitative estimate of drug-likeness (QED) is 0.626. The van der Waals surface area contributed by atoms with E-state index < -0.39 is 0 Å². The van der Waals surface area contributed by atoms with Crippen molar-refractivity contribution in [2.24, 2.45) is 0 Å². The van der Waals surface area contributed by atoms with E-state index in [4.69, 9.17) is 4.74 Å². The Kier molecular flexibility index (Phi) is 7.03. The van der Waals surface area contributed by atoms with Crippen molar-refractivity contribution in [3.8, 4) is 0 Å². The van der Waals surface area contributed by atoms with Gasteiger partial charge >= 0.3 is 0 Å². The van der Waals surface area contributed by atoms with E-state index in [9.17, 15) is 0 Å². The molecule has 1 fully saturated rings. The summed E-state index contributed by atoms with van der Waals surface area (Å²) in [6.45, 7) is 6.58. The molecule has 1 heterocycles. The fourth-order valence-corrected chi connectivity index (χ4v) is 2.12. The molecule has 2 unspecified atom stereocenters. The van der Waals surface area contributed by atoms with E-state index in [0.717, 1.165) is 13.2 Å². The van der Waals surface area contributed by atoms with Crippen LogP contribution in [0.1, 0.15) is 58.8 Å². The number of hydrogen-bond donors (Lipinski definition) is 1. The smallest absolute Gasteiger partial charge is 0.0700 e. The summed E-state index contributed by atoms with van der Waals surface area (Å²) in [7, 11) is 0. The molecule has 1 aliphatic rings. The summed E-state index contributed by atoms with van der Waals surface area (Å²) < 4.78 is 5.58. The van der Waals surface area contributed by atoms with E-state index >= 15 is 0 Å². The lowest BCUT2D eigenvalue weighted by molar-refractivity contribution is 0.107. The molecule has 90 valence electrons. The maximum Gasteiger partial charge on any atom is 0.0700 e. The Hall–Kier alpha value is -0.0800. The van der Waals surface area contributed by atoms with Crippen molar-refractivity contribution in [3.05, 3.63) is 0 Å². The third kappa shape index (κ3) is 6.16. The van der Waals surface area contributed by atoms with Gasteiger partial charge in [0.2, 0.25) is 0 Å². The van der Waals surface area contributed by atoms with Crippen LogP contribution in [0.3, 0.4) is 0 Å².